The van der Waals surface area contributed by atoms with Gasteiger partial charge in [-0.05, 0) is 18.1 Å². The Bertz CT molecular complexity index is 301. The highest BCUT2D eigenvalue weighted by Crippen LogP contribution is 2.08. The molecule has 56 valence electrons. The van der Waals surface area contributed by atoms with Crippen molar-refractivity contribution < 1.29 is 0 Å². The summed E-state index contributed by atoms with van der Waals surface area (Å²) in [5.41, 5.74) is 2.30. The summed E-state index contributed by atoms with van der Waals surface area (Å²) in [5.74, 6) is 0.444. The highest BCUT2D eigenvalue weighted by atomic mass is 35.5. The Hall–Kier alpha value is -1.07. The third-order valence-corrected chi connectivity index (χ3v) is 1.70. The Morgan fingerprint density at radius 2 is 2.45 bits per heavy atom. The van der Waals surface area contributed by atoms with Crippen LogP contribution in [-0.4, -0.2) is 4.98 Å². The minimum absolute atomic E-state index is 0.444. The average molecular weight is 167 g/mol. The molecule has 0 saturated carbocycles. The Kier molecular flexibility index (Phi) is 2.45. The van der Waals surface area contributed by atoms with Crippen LogP contribution in [0.3, 0.4) is 0 Å². The zero-order chi connectivity index (χ0) is 8.27. The SMILES string of the molecule is Cc1cc(CCl)cnc1C#N. The summed E-state index contributed by atoms with van der Waals surface area (Å²) in [4.78, 5) is 3.92. The molecule has 0 aromatic carbocycles. The van der Waals surface area contributed by atoms with Crippen LogP contribution in [0.2, 0.25) is 0 Å². The van der Waals surface area contributed by atoms with E-state index in [1.807, 2.05) is 19.1 Å². The quantitative estimate of drug-likeness (QED) is 0.599. The Morgan fingerprint density at radius 1 is 1.73 bits per heavy atom. The van der Waals surface area contributed by atoms with Crippen LogP contribution < -0.4 is 0 Å². The Morgan fingerprint density at radius 3 is 2.91 bits per heavy atom. The number of pyridine rings is 1. The van der Waals surface area contributed by atoms with Crippen molar-refractivity contribution in [1.29, 1.82) is 5.26 Å². The van der Waals surface area contributed by atoms with Crippen LogP contribution in [0, 0.1) is 18.3 Å². The van der Waals surface area contributed by atoms with E-state index in [0.717, 1.165) is 11.1 Å². The van der Waals surface area contributed by atoms with Gasteiger partial charge in [-0.15, -0.1) is 11.6 Å². The fourth-order valence-electron chi connectivity index (χ4n) is 0.823. The van der Waals surface area contributed by atoms with Crippen LogP contribution in [0.15, 0.2) is 12.3 Å². The van der Waals surface area contributed by atoms with Crippen molar-refractivity contribution >= 4 is 11.6 Å². The zero-order valence-electron chi connectivity index (χ0n) is 6.13. The lowest BCUT2D eigenvalue weighted by Crippen LogP contribution is -1.89. The van der Waals surface area contributed by atoms with Crippen molar-refractivity contribution in [2.24, 2.45) is 0 Å². The maximum atomic E-state index is 8.54. The number of hydrogen-bond donors (Lipinski definition) is 0. The van der Waals surface area contributed by atoms with E-state index in [4.69, 9.17) is 16.9 Å². The summed E-state index contributed by atoms with van der Waals surface area (Å²) < 4.78 is 0. The highest BCUT2D eigenvalue weighted by Gasteiger charge is 1.98. The predicted molar refractivity (Wildman–Crippen MR) is 43.2 cm³/mol. The van der Waals surface area contributed by atoms with E-state index in [9.17, 15) is 0 Å². The second-order valence-corrected chi connectivity index (χ2v) is 2.52. The molecule has 1 aromatic rings. The van der Waals surface area contributed by atoms with Gasteiger partial charge in [0.2, 0.25) is 0 Å². The smallest absolute Gasteiger partial charge is 0.143 e. The van der Waals surface area contributed by atoms with Crippen molar-refractivity contribution in [1.82, 2.24) is 4.98 Å². The fraction of sp³-hybridized carbons (Fsp3) is 0.250. The standard InChI is InChI=1S/C8H7ClN2/c1-6-2-7(3-9)5-11-8(6)4-10/h2,5H,3H2,1H3. The van der Waals surface area contributed by atoms with Gasteiger partial charge in [0, 0.05) is 12.1 Å². The number of hydrogen-bond acceptors (Lipinski definition) is 2. The maximum Gasteiger partial charge on any atom is 0.143 e. The normalized spacial score (nSPS) is 9.18. The lowest BCUT2D eigenvalue weighted by molar-refractivity contribution is 1.16. The summed E-state index contributed by atoms with van der Waals surface area (Å²) >= 11 is 5.57. The lowest BCUT2D eigenvalue weighted by atomic mass is 10.2. The van der Waals surface area contributed by atoms with Gasteiger partial charge in [0.1, 0.15) is 11.8 Å². The third-order valence-electron chi connectivity index (χ3n) is 1.40. The van der Waals surface area contributed by atoms with Gasteiger partial charge in [-0.25, -0.2) is 4.98 Å². The first-order valence-corrected chi connectivity index (χ1v) is 3.73. The number of aryl methyl sites for hydroxylation is 1. The van der Waals surface area contributed by atoms with Gasteiger partial charge in [0.15, 0.2) is 0 Å². The van der Waals surface area contributed by atoms with Gasteiger partial charge in [0.25, 0.3) is 0 Å². The number of halogens is 1. The molecule has 1 aromatic heterocycles. The predicted octanol–water partition coefficient (Wildman–Crippen LogP) is 2.00. The van der Waals surface area contributed by atoms with Gasteiger partial charge in [0.05, 0.1) is 0 Å². The van der Waals surface area contributed by atoms with Gasteiger partial charge in [-0.1, -0.05) is 6.07 Å². The largest absolute Gasteiger partial charge is 0.245 e. The van der Waals surface area contributed by atoms with Crippen molar-refractivity contribution in [3.05, 3.63) is 29.1 Å². The zero-order valence-corrected chi connectivity index (χ0v) is 6.89. The van der Waals surface area contributed by atoms with E-state index in [0.29, 0.717) is 11.6 Å². The molecule has 3 heteroatoms. The maximum absolute atomic E-state index is 8.54. The lowest BCUT2D eigenvalue weighted by Gasteiger charge is -1.97. The van der Waals surface area contributed by atoms with E-state index in [2.05, 4.69) is 4.98 Å². The topological polar surface area (TPSA) is 36.7 Å². The van der Waals surface area contributed by atoms with Crippen LogP contribution >= 0.6 is 11.6 Å². The molecule has 1 heterocycles. The average Bonchev–Trinajstić information content (AvgIpc) is 2.04. The molecule has 2 nitrogen and oxygen atoms in total. The number of alkyl halides is 1. The van der Waals surface area contributed by atoms with E-state index < -0.39 is 0 Å². The van der Waals surface area contributed by atoms with E-state index in [-0.39, 0.29) is 0 Å². The number of rotatable bonds is 1. The van der Waals surface area contributed by atoms with Crippen LogP contribution in [-0.2, 0) is 5.88 Å². The number of aromatic nitrogens is 1. The molecule has 11 heavy (non-hydrogen) atoms. The molecule has 0 spiro atoms. The van der Waals surface area contributed by atoms with Crippen LogP contribution in [0.4, 0.5) is 0 Å². The number of nitrogens with zero attached hydrogens (tertiary/aromatic N) is 2. The van der Waals surface area contributed by atoms with Crippen molar-refractivity contribution in [2.75, 3.05) is 0 Å². The molecule has 0 aliphatic rings. The number of nitriles is 1. The molecule has 0 atom stereocenters. The molecule has 0 fully saturated rings. The van der Waals surface area contributed by atoms with Gasteiger partial charge in [-0.2, -0.15) is 5.26 Å². The molecule has 0 saturated heterocycles. The molecular formula is C8H7ClN2. The molecule has 0 bridgehead atoms. The van der Waals surface area contributed by atoms with E-state index >= 15 is 0 Å². The Balaban J connectivity index is 3.12. The Labute approximate surface area is 70.4 Å². The minimum atomic E-state index is 0.444. The minimum Gasteiger partial charge on any atom is -0.245 e. The molecule has 0 N–H and O–H groups in total. The van der Waals surface area contributed by atoms with Crippen LogP contribution in [0.5, 0.6) is 0 Å². The van der Waals surface area contributed by atoms with Gasteiger partial charge >= 0.3 is 0 Å². The molecule has 0 radical (unpaired) electrons. The monoisotopic (exact) mass is 166 g/mol. The molecule has 1 rings (SSSR count). The molecule has 0 aliphatic carbocycles. The van der Waals surface area contributed by atoms with Crippen molar-refractivity contribution in [3.8, 4) is 6.07 Å². The molecular weight excluding hydrogens is 160 g/mol. The summed E-state index contributed by atoms with van der Waals surface area (Å²) in [6.45, 7) is 1.85. The highest BCUT2D eigenvalue weighted by molar-refractivity contribution is 6.17. The molecule has 0 aliphatic heterocycles. The van der Waals surface area contributed by atoms with Gasteiger partial charge in [-0.3, -0.25) is 0 Å². The van der Waals surface area contributed by atoms with E-state index in [1.54, 1.807) is 6.20 Å². The summed E-state index contributed by atoms with van der Waals surface area (Å²) in [6, 6.07) is 3.87. The van der Waals surface area contributed by atoms with Crippen molar-refractivity contribution in [2.45, 2.75) is 12.8 Å². The van der Waals surface area contributed by atoms with Crippen molar-refractivity contribution in [3.63, 3.8) is 0 Å². The fourth-order valence-corrected chi connectivity index (χ4v) is 0.969. The first-order chi connectivity index (χ1) is 5.27. The second kappa shape index (κ2) is 3.36. The second-order valence-electron chi connectivity index (χ2n) is 2.25. The summed E-state index contributed by atoms with van der Waals surface area (Å²) in [7, 11) is 0. The first-order valence-electron chi connectivity index (χ1n) is 3.19. The van der Waals surface area contributed by atoms with Crippen LogP contribution in [0.25, 0.3) is 0 Å². The molecule has 0 amide bonds. The van der Waals surface area contributed by atoms with Gasteiger partial charge < -0.3 is 0 Å². The van der Waals surface area contributed by atoms with E-state index in [1.165, 1.54) is 0 Å². The molecule has 0 unspecified atom stereocenters. The summed E-state index contributed by atoms with van der Waals surface area (Å²) in [6.07, 6.45) is 1.62. The first kappa shape index (κ1) is 8.03. The summed E-state index contributed by atoms with van der Waals surface area (Å²) in [5, 5.41) is 8.54. The third kappa shape index (κ3) is 1.69. The van der Waals surface area contributed by atoms with Crippen LogP contribution in [0.1, 0.15) is 16.8 Å².